The van der Waals surface area contributed by atoms with Crippen molar-refractivity contribution in [3.63, 3.8) is 0 Å². The van der Waals surface area contributed by atoms with Crippen molar-refractivity contribution in [2.75, 3.05) is 5.01 Å². The second kappa shape index (κ2) is 8.79. The van der Waals surface area contributed by atoms with E-state index >= 15 is 0 Å². The maximum atomic E-state index is 5.10. The van der Waals surface area contributed by atoms with Crippen LogP contribution in [0.25, 0.3) is 16.9 Å². The summed E-state index contributed by atoms with van der Waals surface area (Å²) in [5.74, 6) is 0. The summed E-state index contributed by atoms with van der Waals surface area (Å²) in [6, 6.07) is 35.0. The first-order valence-electron chi connectivity index (χ1n) is 11.4. The van der Waals surface area contributed by atoms with Crippen molar-refractivity contribution >= 4 is 11.4 Å². The Kier molecular flexibility index (Phi) is 5.20. The molecular formula is C29H23N5. The van der Waals surface area contributed by atoms with Gasteiger partial charge in [0.25, 0.3) is 0 Å². The number of rotatable bonds is 5. The molecule has 3 aromatic carbocycles. The molecule has 0 spiro atoms. The molecule has 0 fully saturated rings. The lowest BCUT2D eigenvalue weighted by Crippen LogP contribution is -2.18. The topological polar surface area (TPSA) is 46.3 Å². The monoisotopic (exact) mass is 441 g/mol. The van der Waals surface area contributed by atoms with Gasteiger partial charge >= 0.3 is 0 Å². The molecule has 3 heterocycles. The molecule has 6 rings (SSSR count). The third kappa shape index (κ3) is 3.77. The van der Waals surface area contributed by atoms with Gasteiger partial charge in [0, 0.05) is 36.1 Å². The SMILES string of the molecule is c1ccc(C2=NN(c3ccccc3)C(c3cn(-c4ccccc4)nc3-c3cccnc3)C2)cc1. The molecule has 34 heavy (non-hydrogen) atoms. The molecule has 1 aliphatic heterocycles. The summed E-state index contributed by atoms with van der Waals surface area (Å²) >= 11 is 0. The molecule has 5 nitrogen and oxygen atoms in total. The Labute approximate surface area is 198 Å². The van der Waals surface area contributed by atoms with Crippen molar-refractivity contribution in [1.29, 1.82) is 0 Å². The number of hydrogen-bond acceptors (Lipinski definition) is 4. The maximum Gasteiger partial charge on any atom is 0.0996 e. The van der Waals surface area contributed by atoms with E-state index in [9.17, 15) is 0 Å². The summed E-state index contributed by atoms with van der Waals surface area (Å²) in [6.07, 6.45) is 6.59. The van der Waals surface area contributed by atoms with E-state index in [0.717, 1.165) is 45.9 Å². The van der Waals surface area contributed by atoms with E-state index in [0.29, 0.717) is 0 Å². The van der Waals surface area contributed by atoms with Crippen LogP contribution in [0.1, 0.15) is 23.6 Å². The van der Waals surface area contributed by atoms with Gasteiger partial charge in [-0.3, -0.25) is 9.99 Å². The lowest BCUT2D eigenvalue weighted by molar-refractivity contribution is 0.709. The van der Waals surface area contributed by atoms with Gasteiger partial charge in [-0.1, -0.05) is 66.7 Å². The van der Waals surface area contributed by atoms with Crippen molar-refractivity contribution in [3.8, 4) is 16.9 Å². The molecule has 1 unspecified atom stereocenters. The van der Waals surface area contributed by atoms with Gasteiger partial charge in [-0.25, -0.2) is 4.68 Å². The smallest absolute Gasteiger partial charge is 0.0996 e. The van der Waals surface area contributed by atoms with Crippen LogP contribution in [0.5, 0.6) is 0 Å². The summed E-state index contributed by atoms with van der Waals surface area (Å²) in [5.41, 5.74) is 7.33. The second-order valence-electron chi connectivity index (χ2n) is 8.27. The Morgan fingerprint density at radius 3 is 2.00 bits per heavy atom. The highest BCUT2D eigenvalue weighted by molar-refractivity contribution is 6.03. The van der Waals surface area contributed by atoms with Crippen LogP contribution in [0.15, 0.2) is 127 Å². The van der Waals surface area contributed by atoms with Crippen molar-refractivity contribution in [2.45, 2.75) is 12.5 Å². The number of para-hydroxylation sites is 2. The van der Waals surface area contributed by atoms with E-state index < -0.39 is 0 Å². The van der Waals surface area contributed by atoms with E-state index in [-0.39, 0.29) is 6.04 Å². The molecule has 5 heteroatoms. The standard InChI is InChI=1S/C29H23N5/c1-4-11-22(12-5-1)27-19-28(34(31-27)25-16-8-3-9-17-25)26-21-33(24-14-6-2-7-15-24)32-29(26)23-13-10-18-30-20-23/h1-18,20-21,28H,19H2. The summed E-state index contributed by atoms with van der Waals surface area (Å²) < 4.78 is 1.96. The first-order chi connectivity index (χ1) is 16.9. The molecule has 0 N–H and O–H groups in total. The lowest BCUT2D eigenvalue weighted by Gasteiger charge is -2.23. The van der Waals surface area contributed by atoms with Gasteiger partial charge in [-0.15, -0.1) is 0 Å². The zero-order valence-electron chi connectivity index (χ0n) is 18.6. The zero-order chi connectivity index (χ0) is 22.7. The molecule has 2 aromatic heterocycles. The van der Waals surface area contributed by atoms with E-state index in [4.69, 9.17) is 10.2 Å². The van der Waals surface area contributed by atoms with Crippen molar-refractivity contribution in [2.24, 2.45) is 5.10 Å². The molecule has 0 amide bonds. The molecule has 5 aromatic rings. The average Bonchev–Trinajstić information content (AvgIpc) is 3.56. The molecular weight excluding hydrogens is 418 g/mol. The van der Waals surface area contributed by atoms with Crippen LogP contribution in [-0.4, -0.2) is 20.5 Å². The highest BCUT2D eigenvalue weighted by Gasteiger charge is 2.33. The lowest BCUT2D eigenvalue weighted by atomic mass is 9.96. The molecule has 0 radical (unpaired) electrons. The third-order valence-corrected chi connectivity index (χ3v) is 6.10. The number of pyridine rings is 1. The summed E-state index contributed by atoms with van der Waals surface area (Å²) in [4.78, 5) is 4.36. The number of benzene rings is 3. The van der Waals surface area contributed by atoms with Crippen LogP contribution < -0.4 is 5.01 Å². The molecule has 1 atom stereocenters. The van der Waals surface area contributed by atoms with Crippen LogP contribution in [0.4, 0.5) is 5.69 Å². The highest BCUT2D eigenvalue weighted by atomic mass is 15.5. The summed E-state index contributed by atoms with van der Waals surface area (Å²) in [5, 5.41) is 12.3. The molecule has 0 bridgehead atoms. The van der Waals surface area contributed by atoms with Crippen LogP contribution >= 0.6 is 0 Å². The maximum absolute atomic E-state index is 5.10. The van der Waals surface area contributed by atoms with E-state index in [1.54, 1.807) is 6.20 Å². The Hall–Kier alpha value is -4.51. The van der Waals surface area contributed by atoms with Gasteiger partial charge in [0.2, 0.25) is 0 Å². The van der Waals surface area contributed by atoms with Gasteiger partial charge in [0.1, 0.15) is 0 Å². The van der Waals surface area contributed by atoms with Gasteiger partial charge in [0.05, 0.1) is 28.8 Å². The minimum atomic E-state index is 0.00488. The third-order valence-electron chi connectivity index (χ3n) is 6.10. The molecule has 1 aliphatic rings. The summed E-state index contributed by atoms with van der Waals surface area (Å²) in [6.45, 7) is 0. The van der Waals surface area contributed by atoms with E-state index in [1.807, 2.05) is 47.3 Å². The minimum absolute atomic E-state index is 0.00488. The van der Waals surface area contributed by atoms with E-state index in [1.165, 1.54) is 0 Å². The van der Waals surface area contributed by atoms with Crippen molar-refractivity contribution in [1.82, 2.24) is 14.8 Å². The van der Waals surface area contributed by atoms with Crippen molar-refractivity contribution < 1.29 is 0 Å². The van der Waals surface area contributed by atoms with Crippen LogP contribution in [0.2, 0.25) is 0 Å². The first kappa shape index (κ1) is 20.1. The number of anilines is 1. The number of hydrogen-bond donors (Lipinski definition) is 0. The largest absolute Gasteiger partial charge is 0.264 e. The fourth-order valence-electron chi connectivity index (χ4n) is 4.45. The number of hydrazone groups is 1. The highest BCUT2D eigenvalue weighted by Crippen LogP contribution is 2.40. The molecule has 0 saturated heterocycles. The van der Waals surface area contributed by atoms with E-state index in [2.05, 4.69) is 82.9 Å². The Bertz CT molecular complexity index is 1410. The zero-order valence-corrected chi connectivity index (χ0v) is 18.6. The predicted octanol–water partition coefficient (Wildman–Crippen LogP) is 6.29. The average molecular weight is 442 g/mol. The first-order valence-corrected chi connectivity index (χ1v) is 11.4. The second-order valence-corrected chi connectivity index (χ2v) is 8.27. The molecule has 164 valence electrons. The van der Waals surface area contributed by atoms with Crippen LogP contribution in [-0.2, 0) is 0 Å². The fraction of sp³-hybridized carbons (Fsp3) is 0.0690. The fourth-order valence-corrected chi connectivity index (χ4v) is 4.45. The molecule has 0 saturated carbocycles. The quantitative estimate of drug-likeness (QED) is 0.322. The minimum Gasteiger partial charge on any atom is -0.264 e. The van der Waals surface area contributed by atoms with Crippen molar-refractivity contribution in [3.05, 3.63) is 133 Å². The Balaban J connectivity index is 1.50. The number of aromatic nitrogens is 3. The van der Waals surface area contributed by atoms with Crippen LogP contribution in [0.3, 0.4) is 0 Å². The Morgan fingerprint density at radius 2 is 1.32 bits per heavy atom. The summed E-state index contributed by atoms with van der Waals surface area (Å²) in [7, 11) is 0. The van der Waals surface area contributed by atoms with Gasteiger partial charge in [-0.05, 0) is 42.0 Å². The van der Waals surface area contributed by atoms with Gasteiger partial charge in [-0.2, -0.15) is 10.2 Å². The number of nitrogens with zero attached hydrogens (tertiary/aromatic N) is 5. The van der Waals surface area contributed by atoms with Crippen LogP contribution in [0, 0.1) is 0 Å². The molecule has 0 aliphatic carbocycles. The van der Waals surface area contributed by atoms with Gasteiger partial charge < -0.3 is 0 Å². The Morgan fingerprint density at radius 1 is 0.676 bits per heavy atom. The predicted molar refractivity (Wildman–Crippen MR) is 136 cm³/mol. The van der Waals surface area contributed by atoms with Gasteiger partial charge in [0.15, 0.2) is 0 Å². The normalized spacial score (nSPS) is 15.4.